The number of hydrogen-bond acceptors (Lipinski definition) is 10. The average Bonchev–Trinajstić information content (AvgIpc) is 2.87. The molecule has 37 heavy (non-hydrogen) atoms. The number of anilines is 3. The number of sulfonamides is 1. The molecular formula is C24H30FN7O4S. The van der Waals surface area contributed by atoms with Gasteiger partial charge in [-0.1, -0.05) is 0 Å². The molecule has 0 atom stereocenters. The lowest BCUT2D eigenvalue weighted by atomic mass is 9.93. The van der Waals surface area contributed by atoms with Crippen molar-refractivity contribution in [2.45, 2.75) is 44.8 Å². The molecule has 0 spiro atoms. The Bertz CT molecular complexity index is 1380. The van der Waals surface area contributed by atoms with Gasteiger partial charge >= 0.3 is 0 Å². The zero-order chi connectivity index (χ0) is 26.0. The van der Waals surface area contributed by atoms with Crippen LogP contribution in [0.15, 0.2) is 24.5 Å². The Balaban J connectivity index is 1.34. The number of hydrogen-bond donors (Lipinski definition) is 2. The molecule has 3 aromatic rings. The number of nitrogens with one attached hydrogen (secondary N) is 2. The van der Waals surface area contributed by atoms with Gasteiger partial charge in [0.1, 0.15) is 11.9 Å². The minimum atomic E-state index is -3.46. The molecular weight excluding hydrogens is 501 g/mol. The van der Waals surface area contributed by atoms with Crippen LogP contribution in [0.1, 0.15) is 31.4 Å². The summed E-state index contributed by atoms with van der Waals surface area (Å²) in [4.78, 5) is 19.6. The lowest BCUT2D eigenvalue weighted by Gasteiger charge is -2.31. The molecule has 1 aliphatic heterocycles. The van der Waals surface area contributed by atoms with Gasteiger partial charge in [0.25, 0.3) is 0 Å². The smallest absolute Gasteiger partial charge is 0.229 e. The summed E-state index contributed by atoms with van der Waals surface area (Å²) in [6.45, 7) is 4.28. The molecule has 1 aliphatic carbocycles. The first kappa shape index (κ1) is 25.3. The van der Waals surface area contributed by atoms with Crippen LogP contribution in [0, 0.1) is 12.7 Å². The van der Waals surface area contributed by atoms with E-state index in [1.807, 2.05) is 6.07 Å². The molecule has 0 unspecified atom stereocenters. The van der Waals surface area contributed by atoms with Gasteiger partial charge in [-0.2, -0.15) is 4.98 Å². The van der Waals surface area contributed by atoms with Crippen LogP contribution < -0.4 is 19.7 Å². The van der Waals surface area contributed by atoms with Crippen molar-refractivity contribution in [1.29, 1.82) is 0 Å². The van der Waals surface area contributed by atoms with Crippen molar-refractivity contribution in [2.75, 3.05) is 47.5 Å². The molecule has 1 saturated carbocycles. The predicted molar refractivity (Wildman–Crippen MR) is 138 cm³/mol. The van der Waals surface area contributed by atoms with E-state index in [1.165, 1.54) is 12.4 Å². The van der Waals surface area contributed by atoms with Gasteiger partial charge in [-0.15, -0.1) is 0 Å². The number of rotatable bonds is 7. The largest absolute Gasteiger partial charge is 0.474 e. The van der Waals surface area contributed by atoms with Gasteiger partial charge < -0.3 is 19.7 Å². The monoisotopic (exact) mass is 531 g/mol. The van der Waals surface area contributed by atoms with E-state index >= 15 is 0 Å². The quantitative estimate of drug-likeness (QED) is 0.469. The Hall–Kier alpha value is -3.32. The molecule has 0 bridgehead atoms. The SMILES string of the molecule is Cc1nc(NC2CCC(Oc3nc(N4CCOCC4)cc4ncc(NS(C)(=O)=O)cc34)CC2)ncc1F. The second kappa shape index (κ2) is 10.6. The normalized spacial score (nSPS) is 20.6. The number of morpholine rings is 1. The third kappa shape index (κ3) is 6.34. The van der Waals surface area contributed by atoms with Crippen molar-refractivity contribution in [1.82, 2.24) is 19.9 Å². The van der Waals surface area contributed by atoms with Gasteiger partial charge in [-0.05, 0) is 38.7 Å². The predicted octanol–water partition coefficient (Wildman–Crippen LogP) is 2.88. The summed E-state index contributed by atoms with van der Waals surface area (Å²) in [7, 11) is -3.46. The van der Waals surface area contributed by atoms with E-state index in [0.29, 0.717) is 60.4 Å². The Morgan fingerprint density at radius 1 is 1.08 bits per heavy atom. The number of pyridine rings is 2. The van der Waals surface area contributed by atoms with Crippen LogP contribution in [-0.4, -0.2) is 73.1 Å². The molecule has 198 valence electrons. The van der Waals surface area contributed by atoms with Gasteiger partial charge in [-0.25, -0.2) is 22.8 Å². The van der Waals surface area contributed by atoms with Crippen molar-refractivity contribution in [3.63, 3.8) is 0 Å². The van der Waals surface area contributed by atoms with Crippen molar-refractivity contribution in [2.24, 2.45) is 0 Å². The maximum absolute atomic E-state index is 13.5. The second-order valence-electron chi connectivity index (χ2n) is 9.41. The van der Waals surface area contributed by atoms with Crippen LogP contribution in [0.2, 0.25) is 0 Å². The minimum Gasteiger partial charge on any atom is -0.474 e. The molecule has 0 radical (unpaired) electrons. The first-order valence-corrected chi connectivity index (χ1v) is 14.2. The summed E-state index contributed by atoms with van der Waals surface area (Å²) >= 11 is 0. The third-order valence-electron chi connectivity index (χ3n) is 6.47. The number of fused-ring (bicyclic) bond motifs is 1. The Morgan fingerprint density at radius 2 is 1.84 bits per heavy atom. The van der Waals surface area contributed by atoms with Gasteiger partial charge in [0.05, 0.1) is 54.1 Å². The van der Waals surface area contributed by atoms with E-state index in [2.05, 4.69) is 29.9 Å². The van der Waals surface area contributed by atoms with Gasteiger partial charge in [-0.3, -0.25) is 9.71 Å². The van der Waals surface area contributed by atoms with Crippen molar-refractivity contribution >= 4 is 38.4 Å². The summed E-state index contributed by atoms with van der Waals surface area (Å²) < 4.78 is 51.4. The molecule has 5 rings (SSSR count). The van der Waals surface area contributed by atoms with Crippen LogP contribution in [0.5, 0.6) is 5.88 Å². The number of nitrogens with zero attached hydrogens (tertiary/aromatic N) is 5. The van der Waals surface area contributed by atoms with Crippen LogP contribution in [0.25, 0.3) is 10.9 Å². The summed E-state index contributed by atoms with van der Waals surface area (Å²) in [5.74, 6) is 1.18. The van der Waals surface area contributed by atoms with Crippen LogP contribution in [0.4, 0.5) is 21.8 Å². The zero-order valence-corrected chi connectivity index (χ0v) is 21.6. The molecule has 0 amide bonds. The molecule has 11 nitrogen and oxygen atoms in total. The van der Waals surface area contributed by atoms with E-state index in [9.17, 15) is 12.8 Å². The number of aromatic nitrogens is 4. The molecule has 2 aliphatic rings. The molecule has 0 aromatic carbocycles. The molecule has 2 fully saturated rings. The Labute approximate surface area is 214 Å². The van der Waals surface area contributed by atoms with E-state index in [0.717, 1.165) is 37.8 Å². The summed E-state index contributed by atoms with van der Waals surface area (Å²) in [6.07, 6.45) is 6.89. The lowest BCUT2D eigenvalue weighted by Crippen LogP contribution is -2.37. The second-order valence-corrected chi connectivity index (χ2v) is 11.2. The first-order valence-electron chi connectivity index (χ1n) is 12.3. The van der Waals surface area contributed by atoms with Crippen molar-refractivity contribution in [3.05, 3.63) is 36.0 Å². The maximum atomic E-state index is 13.5. The fraction of sp³-hybridized carbons (Fsp3) is 0.500. The summed E-state index contributed by atoms with van der Waals surface area (Å²) in [5, 5.41) is 3.93. The first-order chi connectivity index (χ1) is 17.7. The molecule has 1 saturated heterocycles. The van der Waals surface area contributed by atoms with Gasteiger partial charge in [0.2, 0.25) is 21.9 Å². The van der Waals surface area contributed by atoms with Crippen LogP contribution >= 0.6 is 0 Å². The molecule has 3 aromatic heterocycles. The number of aryl methyl sites for hydroxylation is 1. The van der Waals surface area contributed by atoms with E-state index in [1.54, 1.807) is 13.0 Å². The maximum Gasteiger partial charge on any atom is 0.229 e. The lowest BCUT2D eigenvalue weighted by molar-refractivity contribution is 0.122. The van der Waals surface area contributed by atoms with E-state index in [-0.39, 0.29) is 12.1 Å². The zero-order valence-electron chi connectivity index (χ0n) is 20.8. The highest BCUT2D eigenvalue weighted by Gasteiger charge is 2.25. The third-order valence-corrected chi connectivity index (χ3v) is 7.08. The fourth-order valence-electron chi connectivity index (χ4n) is 4.58. The molecule has 4 heterocycles. The number of ether oxygens (including phenoxy) is 2. The Kier molecular flexibility index (Phi) is 7.24. The van der Waals surface area contributed by atoms with Crippen LogP contribution in [0.3, 0.4) is 0 Å². The summed E-state index contributed by atoms with van der Waals surface area (Å²) in [6, 6.07) is 3.75. The van der Waals surface area contributed by atoms with Crippen molar-refractivity contribution in [3.8, 4) is 5.88 Å². The molecule has 2 N–H and O–H groups in total. The van der Waals surface area contributed by atoms with E-state index < -0.39 is 15.8 Å². The van der Waals surface area contributed by atoms with Gasteiger partial charge in [0, 0.05) is 25.2 Å². The molecule has 13 heteroatoms. The average molecular weight is 532 g/mol. The fourth-order valence-corrected chi connectivity index (χ4v) is 5.12. The standard InChI is InChI=1S/C24H30FN7O4S/c1-15-20(25)14-27-24(28-15)29-16-3-5-18(6-4-16)36-23-19-11-17(31-37(2,33)34)13-26-21(19)12-22(30-23)32-7-9-35-10-8-32/h11-14,16,18,31H,3-10H2,1-2H3,(H,27,28,29). The minimum absolute atomic E-state index is 0.0731. The van der Waals surface area contributed by atoms with Crippen molar-refractivity contribution < 1.29 is 22.3 Å². The summed E-state index contributed by atoms with van der Waals surface area (Å²) in [5.41, 5.74) is 1.33. The topological polar surface area (TPSA) is 131 Å². The highest BCUT2D eigenvalue weighted by molar-refractivity contribution is 7.92. The Morgan fingerprint density at radius 3 is 2.54 bits per heavy atom. The highest BCUT2D eigenvalue weighted by atomic mass is 32.2. The highest BCUT2D eigenvalue weighted by Crippen LogP contribution is 2.33. The number of halogens is 1. The van der Waals surface area contributed by atoms with E-state index in [4.69, 9.17) is 14.5 Å². The van der Waals surface area contributed by atoms with Gasteiger partial charge in [0.15, 0.2) is 5.82 Å². The van der Waals surface area contributed by atoms with Crippen LogP contribution in [-0.2, 0) is 14.8 Å².